The van der Waals surface area contributed by atoms with E-state index in [1.165, 1.54) is 89.9 Å². The Bertz CT molecular complexity index is 1620. The highest BCUT2D eigenvalue weighted by Gasteiger charge is 2.44. The summed E-state index contributed by atoms with van der Waals surface area (Å²) in [6.07, 6.45) is 73.7. The molecule has 7 atom stereocenters. The highest BCUT2D eigenvalue weighted by molar-refractivity contribution is 5.76. The summed E-state index contributed by atoms with van der Waals surface area (Å²) in [5, 5.41) is 54.5. The van der Waals surface area contributed by atoms with Gasteiger partial charge in [-0.2, -0.15) is 0 Å². The maximum absolute atomic E-state index is 13.0. The number of ether oxygens (including phenoxy) is 2. The fourth-order valence-electron chi connectivity index (χ4n) is 8.36. The molecule has 1 aliphatic heterocycles. The van der Waals surface area contributed by atoms with Gasteiger partial charge in [-0.25, -0.2) is 0 Å². The number of hydrogen-bond acceptors (Lipinski definition) is 8. The zero-order valence-corrected chi connectivity index (χ0v) is 46.5. The van der Waals surface area contributed by atoms with Crippen molar-refractivity contribution < 1.29 is 39.8 Å². The molecule has 7 unspecified atom stereocenters. The van der Waals surface area contributed by atoms with Gasteiger partial charge in [-0.15, -0.1) is 0 Å². The molecule has 6 N–H and O–H groups in total. The fourth-order valence-corrected chi connectivity index (χ4v) is 8.36. The van der Waals surface area contributed by atoms with Crippen LogP contribution < -0.4 is 5.32 Å². The summed E-state index contributed by atoms with van der Waals surface area (Å²) in [5.74, 6) is -0.224. The zero-order valence-electron chi connectivity index (χ0n) is 46.5. The van der Waals surface area contributed by atoms with Crippen LogP contribution >= 0.6 is 0 Å². The maximum atomic E-state index is 13.0. The van der Waals surface area contributed by atoms with E-state index < -0.39 is 49.5 Å². The first-order valence-electron chi connectivity index (χ1n) is 29.4. The lowest BCUT2D eigenvalue weighted by molar-refractivity contribution is -0.302. The molecule has 9 nitrogen and oxygen atoms in total. The molecule has 0 aliphatic carbocycles. The number of nitrogens with one attached hydrogen (secondary N) is 1. The quantitative estimate of drug-likeness (QED) is 0.0261. The standard InChI is InChI=1S/C65H107NO8/c1-3-5-7-9-11-13-15-17-19-21-23-24-25-26-27-28-29-30-31-32-33-34-35-36-37-39-41-43-45-47-49-51-53-55-61(69)66-58(57-73-65-64(72)63(71)62(70)60(56-67)74-65)59(68)54-52-50-48-46-44-42-40-38-22-20-18-16-14-12-10-8-6-4-2/h5,7,11,13,17,19,23-24,26-27,29-30,32-33,35-36,39,41,45,47,52,54,58-60,62-65,67-68,70-72H,3-4,6,8-10,12,14-16,18,20-22,25,28,31,34,37-38,40,42-44,46,48-51,53,55-57H2,1-2H3,(H,66,69)/b7-5-,13-11-,19-17-,24-23-,27-26-,30-29-,33-32-,36-35-,41-39-,47-45-,54-52+. The monoisotopic (exact) mass is 1030 g/mol. The van der Waals surface area contributed by atoms with E-state index in [9.17, 15) is 30.3 Å². The van der Waals surface area contributed by atoms with E-state index in [1.54, 1.807) is 6.08 Å². The van der Waals surface area contributed by atoms with Crippen molar-refractivity contribution in [2.24, 2.45) is 0 Å². The van der Waals surface area contributed by atoms with E-state index in [4.69, 9.17) is 9.47 Å². The molecule has 420 valence electrons. The van der Waals surface area contributed by atoms with Gasteiger partial charge in [0.2, 0.25) is 5.91 Å². The van der Waals surface area contributed by atoms with Crippen molar-refractivity contribution in [2.75, 3.05) is 13.2 Å². The number of rotatable bonds is 48. The van der Waals surface area contributed by atoms with Crippen molar-refractivity contribution in [2.45, 2.75) is 256 Å². The van der Waals surface area contributed by atoms with Crippen molar-refractivity contribution >= 4 is 5.91 Å². The SMILES string of the molecule is CC/C=C\C/C=C\C/C=C\C/C=C\C/C=C\C/C=C\C/C=C\C/C=C\C/C=C\C/C=C\CCCCC(=O)NC(COC1OC(CO)C(O)C(O)C1O)C(O)/C=C/CCCCCCCCCCCCCCCCCC. The van der Waals surface area contributed by atoms with Crippen molar-refractivity contribution in [1.82, 2.24) is 5.32 Å². The van der Waals surface area contributed by atoms with Gasteiger partial charge in [-0.05, 0) is 96.3 Å². The molecule has 1 amide bonds. The smallest absolute Gasteiger partial charge is 0.220 e. The van der Waals surface area contributed by atoms with Crippen LogP contribution in [0.2, 0.25) is 0 Å². The average Bonchev–Trinajstić information content (AvgIpc) is 3.40. The molecule has 0 spiro atoms. The van der Waals surface area contributed by atoms with Crippen LogP contribution in [0.3, 0.4) is 0 Å². The molecule has 1 aliphatic rings. The topological polar surface area (TPSA) is 149 Å². The molecule has 0 aromatic rings. The van der Waals surface area contributed by atoms with E-state index in [0.29, 0.717) is 6.42 Å². The molecule has 1 heterocycles. The van der Waals surface area contributed by atoms with E-state index in [1.807, 2.05) is 6.08 Å². The zero-order chi connectivity index (χ0) is 53.6. The molecular weight excluding hydrogens is 923 g/mol. The summed E-state index contributed by atoms with van der Waals surface area (Å²) in [6.45, 7) is 3.63. The van der Waals surface area contributed by atoms with E-state index in [2.05, 4.69) is 141 Å². The van der Waals surface area contributed by atoms with Gasteiger partial charge in [0.05, 0.1) is 25.4 Å². The first-order valence-corrected chi connectivity index (χ1v) is 29.4. The summed E-state index contributed by atoms with van der Waals surface area (Å²) in [7, 11) is 0. The molecule has 1 fully saturated rings. The predicted octanol–water partition coefficient (Wildman–Crippen LogP) is 14.9. The van der Waals surface area contributed by atoms with Gasteiger partial charge in [0.25, 0.3) is 0 Å². The number of carbonyl (C=O) groups is 1. The van der Waals surface area contributed by atoms with Gasteiger partial charge in [-0.3, -0.25) is 4.79 Å². The predicted molar refractivity (Wildman–Crippen MR) is 313 cm³/mol. The Morgan fingerprint density at radius 1 is 0.473 bits per heavy atom. The summed E-state index contributed by atoms with van der Waals surface area (Å²) in [5.41, 5.74) is 0. The highest BCUT2D eigenvalue weighted by Crippen LogP contribution is 2.23. The Hall–Kier alpha value is -3.67. The van der Waals surface area contributed by atoms with Crippen molar-refractivity contribution in [3.05, 3.63) is 134 Å². The Morgan fingerprint density at radius 2 is 0.838 bits per heavy atom. The molecule has 0 bridgehead atoms. The summed E-state index contributed by atoms with van der Waals surface area (Å²) in [4.78, 5) is 13.0. The van der Waals surface area contributed by atoms with Gasteiger partial charge < -0.3 is 40.3 Å². The van der Waals surface area contributed by atoms with Crippen LogP contribution in [0.4, 0.5) is 0 Å². The average molecular weight is 1030 g/mol. The fraction of sp³-hybridized carbons (Fsp3) is 0.646. The van der Waals surface area contributed by atoms with E-state index in [0.717, 1.165) is 96.3 Å². The first kappa shape index (κ1) is 68.3. The normalized spacial score (nSPS) is 20.0. The number of aliphatic hydroxyl groups is 5. The van der Waals surface area contributed by atoms with Crippen LogP contribution in [0, 0.1) is 0 Å². The van der Waals surface area contributed by atoms with Crippen LogP contribution in [0.25, 0.3) is 0 Å². The molecule has 0 aromatic carbocycles. The number of amides is 1. The van der Waals surface area contributed by atoms with Crippen LogP contribution in [0.15, 0.2) is 134 Å². The second-order valence-electron chi connectivity index (χ2n) is 19.7. The molecule has 0 saturated carbocycles. The highest BCUT2D eigenvalue weighted by atomic mass is 16.7. The first-order chi connectivity index (χ1) is 36.3. The lowest BCUT2D eigenvalue weighted by Gasteiger charge is -2.40. The Morgan fingerprint density at radius 3 is 1.24 bits per heavy atom. The largest absolute Gasteiger partial charge is 0.394 e. The van der Waals surface area contributed by atoms with Gasteiger partial charge in [0.15, 0.2) is 6.29 Å². The van der Waals surface area contributed by atoms with Crippen molar-refractivity contribution in [1.29, 1.82) is 0 Å². The van der Waals surface area contributed by atoms with Gasteiger partial charge >= 0.3 is 0 Å². The third kappa shape index (κ3) is 41.6. The van der Waals surface area contributed by atoms with Crippen LogP contribution in [-0.2, 0) is 14.3 Å². The lowest BCUT2D eigenvalue weighted by Crippen LogP contribution is -2.60. The third-order valence-electron chi connectivity index (χ3n) is 13.0. The van der Waals surface area contributed by atoms with Crippen LogP contribution in [0.1, 0.15) is 213 Å². The van der Waals surface area contributed by atoms with Crippen molar-refractivity contribution in [3.63, 3.8) is 0 Å². The second kappa shape index (κ2) is 52.8. The summed E-state index contributed by atoms with van der Waals surface area (Å²) < 4.78 is 11.2. The molecule has 0 aromatic heterocycles. The molecule has 0 radical (unpaired) electrons. The lowest BCUT2D eigenvalue weighted by atomic mass is 9.99. The number of allylic oxidation sites excluding steroid dienone is 21. The van der Waals surface area contributed by atoms with Gasteiger partial charge in [-0.1, -0.05) is 244 Å². The molecule has 74 heavy (non-hydrogen) atoms. The van der Waals surface area contributed by atoms with E-state index >= 15 is 0 Å². The minimum absolute atomic E-state index is 0.214. The number of unbranched alkanes of at least 4 members (excludes halogenated alkanes) is 18. The third-order valence-corrected chi connectivity index (χ3v) is 13.0. The van der Waals surface area contributed by atoms with Gasteiger partial charge in [0.1, 0.15) is 24.4 Å². The Kier molecular flexibility index (Phi) is 48.7. The van der Waals surface area contributed by atoms with Gasteiger partial charge in [0, 0.05) is 6.42 Å². The molecular formula is C65H107NO8. The Labute approximate surface area is 451 Å². The van der Waals surface area contributed by atoms with E-state index in [-0.39, 0.29) is 18.9 Å². The number of hydrogen-bond donors (Lipinski definition) is 6. The number of carbonyl (C=O) groups excluding carboxylic acids is 1. The maximum Gasteiger partial charge on any atom is 0.220 e. The summed E-state index contributed by atoms with van der Waals surface area (Å²) >= 11 is 0. The molecule has 1 rings (SSSR count). The molecule has 1 saturated heterocycles. The second-order valence-corrected chi connectivity index (χ2v) is 19.7. The Balaban J connectivity index is 2.28. The van der Waals surface area contributed by atoms with Crippen molar-refractivity contribution in [3.8, 4) is 0 Å². The van der Waals surface area contributed by atoms with Crippen LogP contribution in [0.5, 0.6) is 0 Å². The van der Waals surface area contributed by atoms with Crippen LogP contribution in [-0.4, -0.2) is 87.5 Å². The molecule has 9 heteroatoms. The number of aliphatic hydroxyl groups excluding tert-OH is 5. The summed E-state index contributed by atoms with van der Waals surface area (Å²) in [6, 6.07) is -0.839. The minimum Gasteiger partial charge on any atom is -0.394 e. The minimum atomic E-state index is -1.58.